The number of aromatic amines is 1. The molecule has 0 atom stereocenters. The lowest BCUT2D eigenvalue weighted by Gasteiger charge is -2.12. The molecule has 0 radical (unpaired) electrons. The number of nitrogens with zero attached hydrogens (tertiary/aromatic N) is 3. The molecule has 0 unspecified atom stereocenters. The number of nitrogens with one attached hydrogen (secondary N) is 1. The van der Waals surface area contributed by atoms with Gasteiger partial charge in [0.1, 0.15) is 5.69 Å². The van der Waals surface area contributed by atoms with E-state index in [1.54, 1.807) is 29.5 Å². The SMILES string of the molecule is O=C(c1cc(-c2ccco2)[nH]n1)N1Cc2cccnc2C1. The molecule has 6 heteroatoms. The summed E-state index contributed by atoms with van der Waals surface area (Å²) in [4.78, 5) is 18.5. The molecule has 3 aromatic rings. The van der Waals surface area contributed by atoms with Gasteiger partial charge in [-0.2, -0.15) is 5.10 Å². The second-order valence-corrected chi connectivity index (χ2v) is 4.91. The number of rotatable bonds is 2. The number of amides is 1. The molecule has 0 aromatic carbocycles. The molecule has 6 nitrogen and oxygen atoms in total. The summed E-state index contributed by atoms with van der Waals surface area (Å²) in [6, 6.07) is 9.19. The summed E-state index contributed by atoms with van der Waals surface area (Å²) < 4.78 is 5.28. The molecular weight excluding hydrogens is 268 g/mol. The van der Waals surface area contributed by atoms with Gasteiger partial charge >= 0.3 is 0 Å². The van der Waals surface area contributed by atoms with Gasteiger partial charge < -0.3 is 9.32 Å². The maximum absolute atomic E-state index is 12.5. The summed E-state index contributed by atoms with van der Waals surface area (Å²) in [5.74, 6) is 0.551. The van der Waals surface area contributed by atoms with Crippen LogP contribution in [0.15, 0.2) is 47.2 Å². The van der Waals surface area contributed by atoms with Gasteiger partial charge in [0.15, 0.2) is 11.5 Å². The molecule has 0 aliphatic carbocycles. The van der Waals surface area contributed by atoms with Crippen LogP contribution in [0.1, 0.15) is 21.7 Å². The average Bonchev–Trinajstić information content (AvgIpc) is 3.24. The lowest BCUT2D eigenvalue weighted by atomic mass is 10.2. The fraction of sp³-hybridized carbons (Fsp3) is 0.133. The third-order valence-corrected chi connectivity index (χ3v) is 3.56. The first kappa shape index (κ1) is 11.9. The number of hydrogen-bond donors (Lipinski definition) is 1. The summed E-state index contributed by atoms with van der Waals surface area (Å²) in [7, 11) is 0. The Morgan fingerprint density at radius 2 is 2.24 bits per heavy atom. The van der Waals surface area contributed by atoms with E-state index in [4.69, 9.17) is 4.42 Å². The van der Waals surface area contributed by atoms with Gasteiger partial charge in [0.25, 0.3) is 5.91 Å². The van der Waals surface area contributed by atoms with Gasteiger partial charge in [0.2, 0.25) is 0 Å². The number of fused-ring (bicyclic) bond motifs is 1. The van der Waals surface area contributed by atoms with Gasteiger partial charge in [-0.15, -0.1) is 0 Å². The van der Waals surface area contributed by atoms with Crippen LogP contribution in [0.3, 0.4) is 0 Å². The Morgan fingerprint density at radius 3 is 3.05 bits per heavy atom. The topological polar surface area (TPSA) is 75.0 Å². The van der Waals surface area contributed by atoms with E-state index in [0.29, 0.717) is 30.2 Å². The number of hydrogen-bond acceptors (Lipinski definition) is 4. The summed E-state index contributed by atoms with van der Waals surface area (Å²) >= 11 is 0. The van der Waals surface area contributed by atoms with E-state index in [2.05, 4.69) is 15.2 Å². The highest BCUT2D eigenvalue weighted by molar-refractivity contribution is 5.93. The van der Waals surface area contributed by atoms with E-state index in [1.165, 1.54) is 0 Å². The number of carbonyl (C=O) groups is 1. The van der Waals surface area contributed by atoms with Crippen LogP contribution in [0.4, 0.5) is 0 Å². The maximum atomic E-state index is 12.5. The fourth-order valence-electron chi connectivity index (χ4n) is 2.49. The monoisotopic (exact) mass is 280 g/mol. The Hall–Kier alpha value is -2.89. The highest BCUT2D eigenvalue weighted by Crippen LogP contribution is 2.23. The molecule has 1 aliphatic heterocycles. The van der Waals surface area contributed by atoms with Crippen molar-refractivity contribution < 1.29 is 9.21 Å². The molecule has 1 amide bonds. The van der Waals surface area contributed by atoms with Crippen molar-refractivity contribution in [2.75, 3.05) is 0 Å². The smallest absolute Gasteiger partial charge is 0.275 e. The summed E-state index contributed by atoms with van der Waals surface area (Å²) in [5, 5.41) is 6.91. The largest absolute Gasteiger partial charge is 0.463 e. The molecule has 4 heterocycles. The van der Waals surface area contributed by atoms with Crippen LogP contribution in [0.5, 0.6) is 0 Å². The van der Waals surface area contributed by atoms with E-state index >= 15 is 0 Å². The zero-order valence-corrected chi connectivity index (χ0v) is 11.1. The Kier molecular flexibility index (Phi) is 2.60. The van der Waals surface area contributed by atoms with Gasteiger partial charge in [-0.3, -0.25) is 14.9 Å². The minimum Gasteiger partial charge on any atom is -0.463 e. The average molecular weight is 280 g/mol. The maximum Gasteiger partial charge on any atom is 0.275 e. The van der Waals surface area contributed by atoms with Crippen molar-refractivity contribution in [1.29, 1.82) is 0 Å². The Balaban J connectivity index is 1.57. The first-order chi connectivity index (χ1) is 10.3. The Labute approximate surface area is 120 Å². The van der Waals surface area contributed by atoms with Crippen LogP contribution in [0.2, 0.25) is 0 Å². The highest BCUT2D eigenvalue weighted by Gasteiger charge is 2.26. The highest BCUT2D eigenvalue weighted by atomic mass is 16.3. The molecule has 0 spiro atoms. The Bertz CT molecular complexity index is 767. The molecule has 3 aromatic heterocycles. The number of H-pyrrole nitrogens is 1. The molecule has 1 N–H and O–H groups in total. The van der Waals surface area contributed by atoms with E-state index < -0.39 is 0 Å². The van der Waals surface area contributed by atoms with E-state index in [0.717, 1.165) is 11.3 Å². The number of furan rings is 1. The molecular formula is C15H12N4O2. The first-order valence-corrected chi connectivity index (χ1v) is 6.62. The normalized spacial score (nSPS) is 13.4. The molecule has 21 heavy (non-hydrogen) atoms. The van der Waals surface area contributed by atoms with Crippen molar-refractivity contribution in [3.8, 4) is 11.5 Å². The zero-order chi connectivity index (χ0) is 14.2. The summed E-state index contributed by atoms with van der Waals surface area (Å²) in [6.07, 6.45) is 3.33. The van der Waals surface area contributed by atoms with Crippen LogP contribution >= 0.6 is 0 Å². The zero-order valence-electron chi connectivity index (χ0n) is 11.1. The second kappa shape index (κ2) is 4.59. The van der Waals surface area contributed by atoms with E-state index in [-0.39, 0.29) is 5.91 Å². The predicted octanol–water partition coefficient (Wildman–Crippen LogP) is 2.22. The van der Waals surface area contributed by atoms with Crippen LogP contribution in [-0.2, 0) is 13.1 Å². The second-order valence-electron chi connectivity index (χ2n) is 4.91. The van der Waals surface area contributed by atoms with Crippen LogP contribution in [0.25, 0.3) is 11.5 Å². The van der Waals surface area contributed by atoms with E-state index in [9.17, 15) is 4.79 Å². The van der Waals surface area contributed by atoms with Crippen LogP contribution in [-0.4, -0.2) is 26.0 Å². The van der Waals surface area contributed by atoms with Crippen molar-refractivity contribution >= 4 is 5.91 Å². The predicted molar refractivity (Wildman–Crippen MR) is 74.1 cm³/mol. The number of carbonyl (C=O) groups excluding carboxylic acids is 1. The van der Waals surface area contributed by atoms with Crippen molar-refractivity contribution in [2.24, 2.45) is 0 Å². The molecule has 4 rings (SSSR count). The van der Waals surface area contributed by atoms with Crippen LogP contribution < -0.4 is 0 Å². The third kappa shape index (κ3) is 2.01. The van der Waals surface area contributed by atoms with Gasteiger partial charge in [-0.05, 0) is 23.8 Å². The first-order valence-electron chi connectivity index (χ1n) is 6.62. The van der Waals surface area contributed by atoms with Crippen molar-refractivity contribution in [3.63, 3.8) is 0 Å². The van der Waals surface area contributed by atoms with Gasteiger partial charge in [-0.25, -0.2) is 0 Å². The van der Waals surface area contributed by atoms with Crippen molar-refractivity contribution in [3.05, 3.63) is 59.7 Å². The Morgan fingerprint density at radius 1 is 1.29 bits per heavy atom. The fourth-order valence-corrected chi connectivity index (χ4v) is 2.49. The summed E-state index contributed by atoms with van der Waals surface area (Å²) in [5.41, 5.74) is 3.12. The number of aromatic nitrogens is 3. The molecule has 0 fully saturated rings. The molecule has 0 saturated heterocycles. The van der Waals surface area contributed by atoms with Gasteiger partial charge in [0, 0.05) is 18.8 Å². The van der Waals surface area contributed by atoms with Crippen LogP contribution in [0, 0.1) is 0 Å². The molecule has 0 saturated carbocycles. The minimum absolute atomic E-state index is 0.109. The number of pyridine rings is 1. The standard InChI is InChI=1S/C15H12N4O2/c20-15(19-8-10-3-1-5-16-13(10)9-19)12-7-11(17-18-12)14-4-2-6-21-14/h1-7H,8-9H2,(H,17,18). The van der Waals surface area contributed by atoms with E-state index in [1.807, 2.05) is 18.2 Å². The molecule has 1 aliphatic rings. The molecule has 104 valence electrons. The minimum atomic E-state index is -0.109. The van der Waals surface area contributed by atoms with Crippen molar-refractivity contribution in [1.82, 2.24) is 20.1 Å². The van der Waals surface area contributed by atoms with Gasteiger partial charge in [-0.1, -0.05) is 6.07 Å². The lowest BCUT2D eigenvalue weighted by Crippen LogP contribution is -2.25. The van der Waals surface area contributed by atoms with Gasteiger partial charge in [0.05, 0.1) is 18.5 Å². The molecule has 0 bridgehead atoms. The lowest BCUT2D eigenvalue weighted by molar-refractivity contribution is 0.0744. The third-order valence-electron chi connectivity index (χ3n) is 3.56. The quantitative estimate of drug-likeness (QED) is 0.781. The van der Waals surface area contributed by atoms with Crippen molar-refractivity contribution in [2.45, 2.75) is 13.1 Å². The summed E-state index contributed by atoms with van der Waals surface area (Å²) in [6.45, 7) is 1.10.